The smallest absolute Gasteiger partial charge is 0.196 e. The minimum Gasteiger partial charge on any atom is -0.381 e. The Hall–Kier alpha value is -1.53. The third kappa shape index (κ3) is 1.23. The number of nitrogens with two attached hydrogens (primary N) is 2. The number of guanidine groups is 1. The first-order valence-electron chi connectivity index (χ1n) is 5.37. The monoisotopic (exact) mass is 221 g/mol. The molecule has 0 bridgehead atoms. The zero-order chi connectivity index (χ0) is 11.2. The van der Waals surface area contributed by atoms with Crippen LogP contribution in [0.3, 0.4) is 0 Å². The Balaban J connectivity index is 2.06. The van der Waals surface area contributed by atoms with Gasteiger partial charge < -0.3 is 26.5 Å². The largest absolute Gasteiger partial charge is 0.381 e. The Morgan fingerprint density at radius 3 is 3.19 bits per heavy atom. The Bertz CT molecular complexity index is 434. The molecule has 1 saturated heterocycles. The molecule has 1 aromatic rings. The number of anilines is 1. The van der Waals surface area contributed by atoms with E-state index in [1.165, 1.54) is 0 Å². The first-order valence-corrected chi connectivity index (χ1v) is 5.37. The van der Waals surface area contributed by atoms with Gasteiger partial charge in [-0.1, -0.05) is 0 Å². The number of H-pyrrole nitrogens is 1. The molecule has 16 heavy (non-hydrogen) atoms. The van der Waals surface area contributed by atoms with Crippen molar-refractivity contribution < 1.29 is 4.74 Å². The molecule has 0 spiro atoms. The summed E-state index contributed by atoms with van der Waals surface area (Å²) in [7, 11) is 0. The number of ether oxygens (including phenoxy) is 1. The molecular weight excluding hydrogens is 206 g/mol. The van der Waals surface area contributed by atoms with Crippen molar-refractivity contribution in [1.29, 1.82) is 0 Å². The number of nitrogens with zero attached hydrogens (tertiary/aromatic N) is 1. The van der Waals surface area contributed by atoms with Crippen LogP contribution >= 0.6 is 0 Å². The van der Waals surface area contributed by atoms with E-state index in [2.05, 4.69) is 15.3 Å². The molecular formula is C10H15N5O. The second kappa shape index (κ2) is 3.23. The third-order valence-corrected chi connectivity index (χ3v) is 3.29. The molecule has 6 N–H and O–H groups in total. The van der Waals surface area contributed by atoms with Gasteiger partial charge >= 0.3 is 0 Å². The Morgan fingerprint density at radius 2 is 2.44 bits per heavy atom. The molecule has 0 saturated carbocycles. The summed E-state index contributed by atoms with van der Waals surface area (Å²) in [5, 5.41) is 2.97. The molecule has 3 heterocycles. The van der Waals surface area contributed by atoms with E-state index in [-0.39, 0.29) is 5.92 Å². The summed E-state index contributed by atoms with van der Waals surface area (Å²) in [6.07, 6.45) is 2.75. The lowest BCUT2D eigenvalue weighted by Gasteiger charge is -2.34. The van der Waals surface area contributed by atoms with Crippen LogP contribution in [0.4, 0.5) is 5.82 Å². The van der Waals surface area contributed by atoms with Crippen LogP contribution < -0.4 is 16.8 Å². The highest BCUT2D eigenvalue weighted by Crippen LogP contribution is 2.39. The van der Waals surface area contributed by atoms with Gasteiger partial charge in [-0.2, -0.15) is 0 Å². The van der Waals surface area contributed by atoms with Crippen molar-refractivity contribution in [1.82, 2.24) is 4.98 Å². The number of aromatic nitrogens is 1. The number of aromatic amines is 1. The molecule has 6 heteroatoms. The summed E-state index contributed by atoms with van der Waals surface area (Å²) in [5.74, 6) is 1.37. The molecule has 2 atom stereocenters. The van der Waals surface area contributed by atoms with Gasteiger partial charge in [-0.3, -0.25) is 0 Å². The molecule has 2 unspecified atom stereocenters. The van der Waals surface area contributed by atoms with Crippen LogP contribution in [0.1, 0.15) is 12.0 Å². The minimum atomic E-state index is -0.763. The molecule has 1 aromatic heterocycles. The highest BCUT2D eigenvalue weighted by atomic mass is 16.5. The van der Waals surface area contributed by atoms with Crippen molar-refractivity contribution in [2.24, 2.45) is 22.4 Å². The predicted octanol–water partition coefficient (Wildman–Crippen LogP) is -0.0971. The minimum absolute atomic E-state index is 0.183. The molecule has 0 radical (unpaired) electrons. The maximum Gasteiger partial charge on any atom is 0.196 e. The van der Waals surface area contributed by atoms with E-state index in [9.17, 15) is 0 Å². The Morgan fingerprint density at radius 1 is 1.56 bits per heavy atom. The second-order valence-corrected chi connectivity index (χ2v) is 4.27. The maximum absolute atomic E-state index is 6.40. The fourth-order valence-corrected chi connectivity index (χ4v) is 2.41. The Kier molecular flexibility index (Phi) is 1.95. The average Bonchev–Trinajstić information content (AvgIpc) is 2.86. The topological polar surface area (TPSA) is 101 Å². The first-order chi connectivity index (χ1) is 7.70. The quantitative estimate of drug-likeness (QED) is 0.532. The van der Waals surface area contributed by atoms with Crippen LogP contribution in [0, 0.1) is 5.92 Å². The number of fused-ring (bicyclic) bond motifs is 1. The average molecular weight is 221 g/mol. The molecule has 2 aliphatic heterocycles. The van der Waals surface area contributed by atoms with Crippen molar-refractivity contribution in [3.05, 3.63) is 17.8 Å². The SMILES string of the molecule is NC1=NC(N)(C2CCOC2)c2cc[nH]c2N1. The molecule has 0 aliphatic carbocycles. The van der Waals surface area contributed by atoms with Crippen molar-refractivity contribution in [2.45, 2.75) is 12.1 Å². The van der Waals surface area contributed by atoms with Gasteiger partial charge in [-0.25, -0.2) is 4.99 Å². The lowest BCUT2D eigenvalue weighted by atomic mass is 9.86. The van der Waals surface area contributed by atoms with E-state index in [1.54, 1.807) is 0 Å². The second-order valence-electron chi connectivity index (χ2n) is 4.27. The van der Waals surface area contributed by atoms with Crippen molar-refractivity contribution in [3.8, 4) is 0 Å². The van der Waals surface area contributed by atoms with Crippen molar-refractivity contribution in [2.75, 3.05) is 18.5 Å². The number of hydrogen-bond donors (Lipinski definition) is 4. The summed E-state index contributed by atoms with van der Waals surface area (Å²) in [5.41, 5.74) is 12.3. The molecule has 0 amide bonds. The summed E-state index contributed by atoms with van der Waals surface area (Å²) < 4.78 is 5.38. The number of hydrogen-bond acceptors (Lipinski definition) is 5. The highest BCUT2D eigenvalue weighted by Gasteiger charge is 2.43. The summed E-state index contributed by atoms with van der Waals surface area (Å²) in [6.45, 7) is 1.38. The number of nitrogens with one attached hydrogen (secondary N) is 2. The molecule has 0 aromatic carbocycles. The lowest BCUT2D eigenvalue weighted by molar-refractivity contribution is 0.164. The van der Waals surface area contributed by atoms with Gasteiger partial charge in [0.2, 0.25) is 0 Å². The molecule has 2 aliphatic rings. The Labute approximate surface area is 93.1 Å². The summed E-state index contributed by atoms with van der Waals surface area (Å²) in [6, 6.07) is 1.94. The maximum atomic E-state index is 6.40. The summed E-state index contributed by atoms with van der Waals surface area (Å²) in [4.78, 5) is 7.44. The number of rotatable bonds is 1. The van der Waals surface area contributed by atoms with Gasteiger partial charge in [0.1, 0.15) is 11.5 Å². The van der Waals surface area contributed by atoms with E-state index in [0.717, 1.165) is 24.4 Å². The standard InChI is InChI=1S/C10H15N5O/c11-9-14-8-7(1-3-13-8)10(12,15-9)6-2-4-16-5-6/h1,3,6,13H,2,4-5,12H2,(H3,11,14,15). The fourth-order valence-electron chi connectivity index (χ4n) is 2.41. The van der Waals surface area contributed by atoms with Crippen LogP contribution in [0.15, 0.2) is 17.3 Å². The third-order valence-electron chi connectivity index (χ3n) is 3.29. The molecule has 1 fully saturated rings. The van der Waals surface area contributed by atoms with Crippen LogP contribution in [0.25, 0.3) is 0 Å². The van der Waals surface area contributed by atoms with Gasteiger partial charge in [0.15, 0.2) is 5.96 Å². The van der Waals surface area contributed by atoms with Gasteiger partial charge in [-0.05, 0) is 12.5 Å². The van der Waals surface area contributed by atoms with Crippen LogP contribution in [-0.2, 0) is 10.4 Å². The predicted molar refractivity (Wildman–Crippen MR) is 60.8 cm³/mol. The highest BCUT2D eigenvalue weighted by molar-refractivity contribution is 5.94. The van der Waals surface area contributed by atoms with Crippen molar-refractivity contribution >= 4 is 11.8 Å². The van der Waals surface area contributed by atoms with E-state index in [4.69, 9.17) is 16.2 Å². The van der Waals surface area contributed by atoms with E-state index in [0.29, 0.717) is 12.6 Å². The van der Waals surface area contributed by atoms with Gasteiger partial charge in [0, 0.05) is 24.3 Å². The molecule has 6 nitrogen and oxygen atoms in total. The molecule has 86 valence electrons. The zero-order valence-electron chi connectivity index (χ0n) is 8.86. The zero-order valence-corrected chi connectivity index (χ0v) is 8.86. The van der Waals surface area contributed by atoms with Crippen LogP contribution in [0.5, 0.6) is 0 Å². The van der Waals surface area contributed by atoms with Gasteiger partial charge in [-0.15, -0.1) is 0 Å². The lowest BCUT2D eigenvalue weighted by Crippen LogP contribution is -2.48. The van der Waals surface area contributed by atoms with E-state index < -0.39 is 5.66 Å². The normalized spacial score (nSPS) is 33.1. The van der Waals surface area contributed by atoms with E-state index in [1.807, 2.05) is 12.3 Å². The van der Waals surface area contributed by atoms with Gasteiger partial charge in [0.05, 0.1) is 6.61 Å². The van der Waals surface area contributed by atoms with Crippen LogP contribution in [-0.4, -0.2) is 24.2 Å². The molecule has 3 rings (SSSR count). The van der Waals surface area contributed by atoms with Gasteiger partial charge in [0.25, 0.3) is 0 Å². The van der Waals surface area contributed by atoms with Crippen molar-refractivity contribution in [3.63, 3.8) is 0 Å². The van der Waals surface area contributed by atoms with Crippen LogP contribution in [0.2, 0.25) is 0 Å². The first kappa shape index (κ1) is 9.68. The number of aliphatic imine (C=N–C) groups is 1. The van der Waals surface area contributed by atoms with E-state index >= 15 is 0 Å². The fraction of sp³-hybridized carbons (Fsp3) is 0.500. The summed E-state index contributed by atoms with van der Waals surface area (Å²) >= 11 is 0.